The number of halogens is 5. The Bertz CT molecular complexity index is 1390. The van der Waals surface area contributed by atoms with Crippen molar-refractivity contribution in [2.24, 2.45) is 5.41 Å². The second-order valence-corrected chi connectivity index (χ2v) is 11.4. The summed E-state index contributed by atoms with van der Waals surface area (Å²) in [7, 11) is 0. The van der Waals surface area contributed by atoms with Crippen molar-refractivity contribution in [3.05, 3.63) is 60.2 Å². The topological polar surface area (TPSA) is 57.9 Å². The molecule has 2 aromatic carbocycles. The minimum absolute atomic E-state index is 0.0320. The van der Waals surface area contributed by atoms with Crippen LogP contribution in [0.3, 0.4) is 0 Å². The zero-order valence-corrected chi connectivity index (χ0v) is 25.7. The molecule has 0 amide bonds. The maximum atomic E-state index is 14.3. The monoisotopic (exact) mass is 624 g/mol. The van der Waals surface area contributed by atoms with Crippen LogP contribution >= 0.6 is 0 Å². The number of benzene rings is 2. The smallest absolute Gasteiger partial charge is 0.493 e. The van der Waals surface area contributed by atoms with Crippen molar-refractivity contribution in [1.29, 1.82) is 0 Å². The summed E-state index contributed by atoms with van der Waals surface area (Å²) < 4.78 is 89.2. The molecule has 0 unspecified atom stereocenters. The molecule has 0 aliphatic rings. The van der Waals surface area contributed by atoms with Gasteiger partial charge in [-0.1, -0.05) is 38.0 Å². The molecular formula is C34H41F5O5. The first-order valence-electron chi connectivity index (χ1n) is 15.0. The number of fused-ring (bicyclic) bond motifs is 1. The van der Waals surface area contributed by atoms with Gasteiger partial charge in [-0.05, 0) is 82.3 Å². The molecule has 44 heavy (non-hydrogen) atoms. The van der Waals surface area contributed by atoms with Crippen molar-refractivity contribution < 1.29 is 45.4 Å². The molecule has 0 saturated heterocycles. The lowest BCUT2D eigenvalue weighted by Crippen LogP contribution is -2.25. The van der Waals surface area contributed by atoms with E-state index in [1.54, 1.807) is 69.3 Å². The van der Waals surface area contributed by atoms with E-state index in [9.17, 15) is 26.7 Å². The second kappa shape index (κ2) is 15.4. The van der Waals surface area contributed by atoms with Crippen LogP contribution in [-0.2, 0) is 16.0 Å². The molecule has 0 atom stereocenters. The third kappa shape index (κ3) is 10.9. The Kier molecular flexibility index (Phi) is 12.3. The van der Waals surface area contributed by atoms with Gasteiger partial charge >= 0.3 is 12.3 Å². The van der Waals surface area contributed by atoms with Gasteiger partial charge < -0.3 is 18.6 Å². The van der Waals surface area contributed by atoms with Crippen molar-refractivity contribution in [1.82, 2.24) is 0 Å². The van der Waals surface area contributed by atoms with E-state index in [1.807, 2.05) is 0 Å². The largest absolute Gasteiger partial charge is 0.573 e. The highest BCUT2D eigenvalue weighted by atomic mass is 19.4. The van der Waals surface area contributed by atoms with Crippen LogP contribution in [0.5, 0.6) is 11.5 Å². The maximum Gasteiger partial charge on any atom is 0.573 e. The number of carbonyl (C=O) groups excluding carboxylic acids is 1. The van der Waals surface area contributed by atoms with Crippen molar-refractivity contribution in [2.45, 2.75) is 91.3 Å². The van der Waals surface area contributed by atoms with Crippen molar-refractivity contribution in [2.75, 3.05) is 13.2 Å². The summed E-state index contributed by atoms with van der Waals surface area (Å²) in [5.74, 6) is -3.14. The number of furan rings is 1. The van der Waals surface area contributed by atoms with Gasteiger partial charge in [0.05, 0.1) is 24.2 Å². The van der Waals surface area contributed by atoms with Gasteiger partial charge in [-0.25, -0.2) is 8.78 Å². The Labute approximate surface area is 255 Å². The SMILES string of the molecule is C/C=C/C(C)(C)C(=O)OCCCC(F)(F)CCCOc1ccc2cc(-c3ccc(CCCCC)cc3OC(F)(F)F)oc2c1. The molecule has 0 spiro atoms. The Morgan fingerprint density at radius 1 is 0.909 bits per heavy atom. The van der Waals surface area contributed by atoms with Gasteiger partial charge in [0.15, 0.2) is 0 Å². The van der Waals surface area contributed by atoms with Crippen LogP contribution in [0.4, 0.5) is 22.0 Å². The number of alkyl halides is 5. The highest BCUT2D eigenvalue weighted by Gasteiger charge is 2.33. The van der Waals surface area contributed by atoms with E-state index in [2.05, 4.69) is 11.7 Å². The van der Waals surface area contributed by atoms with E-state index in [4.69, 9.17) is 13.9 Å². The first-order valence-corrected chi connectivity index (χ1v) is 15.0. The summed E-state index contributed by atoms with van der Waals surface area (Å²) in [6.07, 6.45) is 1.37. The van der Waals surface area contributed by atoms with E-state index in [0.29, 0.717) is 23.1 Å². The number of aryl methyl sites for hydroxylation is 1. The van der Waals surface area contributed by atoms with E-state index >= 15 is 0 Å². The molecule has 0 aliphatic heterocycles. The normalized spacial score (nSPS) is 12.7. The average Bonchev–Trinajstić information content (AvgIpc) is 3.36. The van der Waals surface area contributed by atoms with Crippen LogP contribution in [0, 0.1) is 5.41 Å². The summed E-state index contributed by atoms with van der Waals surface area (Å²) >= 11 is 0. The number of rotatable bonds is 17. The number of hydrogen-bond donors (Lipinski definition) is 0. The summed E-state index contributed by atoms with van der Waals surface area (Å²) in [4.78, 5) is 12.1. The Morgan fingerprint density at radius 3 is 2.32 bits per heavy atom. The highest BCUT2D eigenvalue weighted by Crippen LogP contribution is 2.38. The fourth-order valence-electron chi connectivity index (χ4n) is 4.76. The van der Waals surface area contributed by atoms with Crippen molar-refractivity contribution in [3.63, 3.8) is 0 Å². The van der Waals surface area contributed by atoms with Crippen LogP contribution in [0.1, 0.15) is 78.2 Å². The van der Waals surface area contributed by atoms with Gasteiger partial charge in [-0.15, -0.1) is 13.2 Å². The standard InChI is InChI=1S/C34H41F5O5/c1-5-7-8-11-24-12-15-27(30(21-24)44-34(37,38)39)29-22-25-13-14-26(23-28(25)43-29)41-19-9-17-33(35,36)18-10-20-42-31(40)32(3,4)16-6-2/h6,12-16,21-23H,5,7-11,17-20H2,1-4H3/b16-6+. The lowest BCUT2D eigenvalue weighted by atomic mass is 9.93. The molecule has 0 fully saturated rings. The first-order chi connectivity index (χ1) is 20.7. The fourth-order valence-corrected chi connectivity index (χ4v) is 4.76. The third-order valence-electron chi connectivity index (χ3n) is 7.08. The molecule has 10 heteroatoms. The summed E-state index contributed by atoms with van der Waals surface area (Å²) in [6, 6.07) is 11.3. The molecule has 1 aromatic heterocycles. The molecule has 3 rings (SSSR count). The quantitative estimate of drug-likeness (QED) is 0.0647. The van der Waals surface area contributed by atoms with Crippen molar-refractivity contribution >= 4 is 16.9 Å². The zero-order chi connectivity index (χ0) is 32.4. The number of unbranched alkanes of at least 4 members (excludes halogenated alkanes) is 2. The molecule has 3 aromatic rings. The maximum absolute atomic E-state index is 14.3. The van der Waals surface area contributed by atoms with Gasteiger partial charge in [0, 0.05) is 24.3 Å². The van der Waals surface area contributed by atoms with Crippen LogP contribution in [0.25, 0.3) is 22.3 Å². The number of ether oxygens (including phenoxy) is 3. The van der Waals surface area contributed by atoms with Gasteiger partial charge in [-0.2, -0.15) is 0 Å². The lowest BCUT2D eigenvalue weighted by molar-refractivity contribution is -0.274. The molecule has 0 radical (unpaired) electrons. The first kappa shape index (κ1) is 34.9. The molecule has 0 bridgehead atoms. The molecular weight excluding hydrogens is 583 g/mol. The number of allylic oxidation sites excluding steroid dienone is 1. The van der Waals surface area contributed by atoms with Crippen LogP contribution in [0.2, 0.25) is 0 Å². The lowest BCUT2D eigenvalue weighted by Gasteiger charge is -2.19. The minimum atomic E-state index is -4.86. The number of hydrogen-bond acceptors (Lipinski definition) is 5. The van der Waals surface area contributed by atoms with E-state index in [0.717, 1.165) is 24.8 Å². The second-order valence-electron chi connectivity index (χ2n) is 11.4. The van der Waals surface area contributed by atoms with E-state index < -0.39 is 36.5 Å². The minimum Gasteiger partial charge on any atom is -0.493 e. The summed E-state index contributed by atoms with van der Waals surface area (Å²) in [5.41, 5.74) is 0.475. The molecule has 5 nitrogen and oxygen atoms in total. The average molecular weight is 625 g/mol. The van der Waals surface area contributed by atoms with Gasteiger partial charge in [0.25, 0.3) is 0 Å². The predicted molar refractivity (Wildman–Crippen MR) is 160 cm³/mol. The molecule has 0 aliphatic carbocycles. The van der Waals surface area contributed by atoms with Gasteiger partial charge in [-0.3, -0.25) is 4.79 Å². The van der Waals surface area contributed by atoms with Crippen LogP contribution in [-0.4, -0.2) is 31.5 Å². The molecule has 0 N–H and O–H groups in total. The van der Waals surface area contributed by atoms with Crippen LogP contribution in [0.15, 0.2) is 59.0 Å². The van der Waals surface area contributed by atoms with E-state index in [1.165, 1.54) is 6.07 Å². The summed E-state index contributed by atoms with van der Waals surface area (Å²) in [6.45, 7) is 7.19. The molecule has 1 heterocycles. The zero-order valence-electron chi connectivity index (χ0n) is 25.7. The highest BCUT2D eigenvalue weighted by molar-refractivity contribution is 5.85. The Hall–Kier alpha value is -3.56. The Morgan fingerprint density at radius 2 is 1.64 bits per heavy atom. The van der Waals surface area contributed by atoms with Gasteiger partial charge in [0.2, 0.25) is 5.92 Å². The molecule has 242 valence electrons. The number of carbonyl (C=O) groups is 1. The predicted octanol–water partition coefficient (Wildman–Crippen LogP) is 10.5. The Balaban J connectivity index is 1.56. The molecule has 0 saturated carbocycles. The van der Waals surface area contributed by atoms with Crippen molar-refractivity contribution in [3.8, 4) is 22.8 Å². The summed E-state index contributed by atoms with van der Waals surface area (Å²) in [5, 5.41) is 0.638. The number of esters is 1. The van der Waals surface area contributed by atoms with Crippen LogP contribution < -0.4 is 9.47 Å². The van der Waals surface area contributed by atoms with E-state index in [-0.39, 0.29) is 43.1 Å². The van der Waals surface area contributed by atoms with Gasteiger partial charge in [0.1, 0.15) is 22.8 Å². The fraction of sp³-hybridized carbons (Fsp3) is 0.500. The third-order valence-corrected chi connectivity index (χ3v) is 7.08.